The van der Waals surface area contributed by atoms with Crippen LogP contribution in [0.25, 0.3) is 0 Å². The van der Waals surface area contributed by atoms with E-state index in [9.17, 15) is 4.79 Å². The zero-order valence-corrected chi connectivity index (χ0v) is 13.5. The second-order valence-electron chi connectivity index (χ2n) is 5.71. The molecule has 0 fully saturated rings. The van der Waals surface area contributed by atoms with Crippen molar-refractivity contribution in [3.05, 3.63) is 65.7 Å². The smallest absolute Gasteiger partial charge is 0.320 e. The van der Waals surface area contributed by atoms with Crippen molar-refractivity contribution >= 4 is 11.7 Å². The summed E-state index contributed by atoms with van der Waals surface area (Å²) in [6.07, 6.45) is 0. The molecule has 3 heteroatoms. The van der Waals surface area contributed by atoms with E-state index in [1.54, 1.807) is 4.90 Å². The van der Waals surface area contributed by atoms with Crippen LogP contribution >= 0.6 is 0 Å². The molecule has 2 rings (SSSR count). The highest BCUT2D eigenvalue weighted by Gasteiger charge is 2.12. The summed E-state index contributed by atoms with van der Waals surface area (Å²) in [5.41, 5.74) is 3.24. The van der Waals surface area contributed by atoms with Crippen molar-refractivity contribution in [2.75, 3.05) is 11.9 Å². The van der Waals surface area contributed by atoms with E-state index in [-0.39, 0.29) is 6.03 Å². The molecule has 0 radical (unpaired) electrons. The third kappa shape index (κ3) is 4.35. The quantitative estimate of drug-likeness (QED) is 0.839. The summed E-state index contributed by atoms with van der Waals surface area (Å²) in [5, 5.41) is 2.97. The van der Waals surface area contributed by atoms with Crippen LogP contribution in [0.2, 0.25) is 0 Å². The molecule has 2 amide bonds. The summed E-state index contributed by atoms with van der Waals surface area (Å²) in [6, 6.07) is 18.0. The van der Waals surface area contributed by atoms with Crippen molar-refractivity contribution in [3.8, 4) is 0 Å². The molecule has 0 bridgehead atoms. The fraction of sp³-hybridized carbons (Fsp3) is 0.316. The fourth-order valence-corrected chi connectivity index (χ4v) is 2.28. The highest BCUT2D eigenvalue weighted by molar-refractivity contribution is 5.89. The van der Waals surface area contributed by atoms with Gasteiger partial charge in [0, 0.05) is 18.8 Å². The molecule has 3 nitrogen and oxygen atoms in total. The Morgan fingerprint density at radius 3 is 2.23 bits per heavy atom. The second kappa shape index (κ2) is 7.64. The molecule has 2 aromatic carbocycles. The van der Waals surface area contributed by atoms with Crippen LogP contribution in [0.4, 0.5) is 10.5 Å². The number of hydrogen-bond acceptors (Lipinski definition) is 1. The number of anilines is 1. The summed E-state index contributed by atoms with van der Waals surface area (Å²) < 4.78 is 0. The monoisotopic (exact) mass is 296 g/mol. The van der Waals surface area contributed by atoms with Crippen LogP contribution in [-0.2, 0) is 6.54 Å². The van der Waals surface area contributed by atoms with Crippen molar-refractivity contribution in [1.29, 1.82) is 0 Å². The van der Waals surface area contributed by atoms with Gasteiger partial charge in [0.15, 0.2) is 0 Å². The molecule has 0 aliphatic rings. The van der Waals surface area contributed by atoms with Crippen LogP contribution in [0.1, 0.15) is 37.8 Å². The first-order chi connectivity index (χ1) is 10.6. The number of hydrogen-bond donors (Lipinski definition) is 1. The summed E-state index contributed by atoms with van der Waals surface area (Å²) in [6.45, 7) is 7.60. The number of nitrogens with zero attached hydrogens (tertiary/aromatic N) is 1. The molecule has 116 valence electrons. The molecule has 22 heavy (non-hydrogen) atoms. The normalized spacial score (nSPS) is 10.5. The number of carbonyl (C=O) groups is 1. The Hall–Kier alpha value is -2.29. The molecule has 0 spiro atoms. The van der Waals surface area contributed by atoms with Crippen LogP contribution in [0.3, 0.4) is 0 Å². The Kier molecular flexibility index (Phi) is 5.59. The van der Waals surface area contributed by atoms with Gasteiger partial charge in [0.2, 0.25) is 0 Å². The van der Waals surface area contributed by atoms with Gasteiger partial charge in [-0.05, 0) is 36.1 Å². The van der Waals surface area contributed by atoms with Crippen molar-refractivity contribution in [1.82, 2.24) is 4.90 Å². The highest BCUT2D eigenvalue weighted by Crippen LogP contribution is 2.17. The number of amides is 2. The van der Waals surface area contributed by atoms with Crippen LogP contribution < -0.4 is 5.32 Å². The summed E-state index contributed by atoms with van der Waals surface area (Å²) in [4.78, 5) is 14.2. The molecule has 0 aliphatic carbocycles. The van der Waals surface area contributed by atoms with E-state index in [1.807, 2.05) is 49.4 Å². The molecule has 2 aromatic rings. The molecule has 0 heterocycles. The molecular weight excluding hydrogens is 272 g/mol. The van der Waals surface area contributed by atoms with Crippen LogP contribution in [0, 0.1) is 0 Å². The maximum atomic E-state index is 12.4. The van der Waals surface area contributed by atoms with Crippen LogP contribution in [0.5, 0.6) is 0 Å². The SMILES string of the molecule is CCN(Cc1ccccc1)C(=O)Nc1ccc(C(C)C)cc1. The first-order valence-corrected chi connectivity index (χ1v) is 7.80. The lowest BCUT2D eigenvalue weighted by atomic mass is 10.0. The molecule has 0 atom stereocenters. The number of carbonyl (C=O) groups excluding carboxylic acids is 1. The van der Waals surface area contributed by atoms with Crippen molar-refractivity contribution < 1.29 is 4.79 Å². The van der Waals surface area contributed by atoms with E-state index >= 15 is 0 Å². The Balaban J connectivity index is 2.00. The topological polar surface area (TPSA) is 32.3 Å². The van der Waals surface area contributed by atoms with Crippen molar-refractivity contribution in [2.45, 2.75) is 33.2 Å². The van der Waals surface area contributed by atoms with Gasteiger partial charge in [0.25, 0.3) is 0 Å². The lowest BCUT2D eigenvalue weighted by Gasteiger charge is -2.21. The van der Waals surface area contributed by atoms with Gasteiger partial charge in [-0.1, -0.05) is 56.3 Å². The van der Waals surface area contributed by atoms with E-state index in [4.69, 9.17) is 0 Å². The third-order valence-corrected chi connectivity index (χ3v) is 3.71. The number of rotatable bonds is 5. The van der Waals surface area contributed by atoms with Gasteiger partial charge in [-0.25, -0.2) is 4.79 Å². The molecule has 0 saturated carbocycles. The van der Waals surface area contributed by atoms with Gasteiger partial charge < -0.3 is 10.2 Å². The minimum atomic E-state index is -0.0661. The predicted molar refractivity (Wildman–Crippen MR) is 92.1 cm³/mol. The molecule has 0 aliphatic heterocycles. The molecule has 0 unspecified atom stereocenters. The van der Waals surface area contributed by atoms with E-state index < -0.39 is 0 Å². The third-order valence-electron chi connectivity index (χ3n) is 3.71. The Bertz CT molecular complexity index is 591. The van der Waals surface area contributed by atoms with Gasteiger partial charge in [-0.3, -0.25) is 0 Å². The molecule has 1 N–H and O–H groups in total. The summed E-state index contributed by atoms with van der Waals surface area (Å²) in [5.74, 6) is 0.495. The van der Waals surface area contributed by atoms with Gasteiger partial charge in [0.05, 0.1) is 0 Å². The predicted octanol–water partition coefficient (Wildman–Crippen LogP) is 4.86. The summed E-state index contributed by atoms with van der Waals surface area (Å²) >= 11 is 0. The molecular formula is C19H24N2O. The van der Waals surface area contributed by atoms with Crippen LogP contribution in [-0.4, -0.2) is 17.5 Å². The standard InChI is InChI=1S/C19H24N2O/c1-4-21(14-16-8-6-5-7-9-16)19(22)20-18-12-10-17(11-13-18)15(2)3/h5-13,15H,4,14H2,1-3H3,(H,20,22). The number of urea groups is 1. The molecule has 0 aromatic heterocycles. The Morgan fingerprint density at radius 1 is 1.05 bits per heavy atom. The lowest BCUT2D eigenvalue weighted by Crippen LogP contribution is -2.34. The number of nitrogens with one attached hydrogen (secondary N) is 1. The van der Waals surface area contributed by atoms with E-state index in [0.717, 1.165) is 11.3 Å². The largest absolute Gasteiger partial charge is 0.322 e. The zero-order chi connectivity index (χ0) is 15.9. The first-order valence-electron chi connectivity index (χ1n) is 7.80. The maximum absolute atomic E-state index is 12.4. The average molecular weight is 296 g/mol. The fourth-order valence-electron chi connectivity index (χ4n) is 2.28. The lowest BCUT2D eigenvalue weighted by molar-refractivity contribution is 0.212. The second-order valence-corrected chi connectivity index (χ2v) is 5.71. The molecule has 0 saturated heterocycles. The zero-order valence-electron chi connectivity index (χ0n) is 13.5. The van der Waals surface area contributed by atoms with Crippen LogP contribution in [0.15, 0.2) is 54.6 Å². The summed E-state index contributed by atoms with van der Waals surface area (Å²) in [7, 11) is 0. The van der Waals surface area contributed by atoms with E-state index in [2.05, 4.69) is 31.3 Å². The van der Waals surface area contributed by atoms with Crippen molar-refractivity contribution in [3.63, 3.8) is 0 Å². The minimum Gasteiger partial charge on any atom is -0.320 e. The van der Waals surface area contributed by atoms with Crippen molar-refractivity contribution in [2.24, 2.45) is 0 Å². The van der Waals surface area contributed by atoms with Gasteiger partial charge in [-0.15, -0.1) is 0 Å². The highest BCUT2D eigenvalue weighted by atomic mass is 16.2. The maximum Gasteiger partial charge on any atom is 0.322 e. The van der Waals surface area contributed by atoms with Gasteiger partial charge >= 0.3 is 6.03 Å². The first kappa shape index (κ1) is 16.1. The average Bonchev–Trinajstić information content (AvgIpc) is 2.54. The Labute approximate surface area is 133 Å². The van der Waals surface area contributed by atoms with E-state index in [0.29, 0.717) is 19.0 Å². The minimum absolute atomic E-state index is 0.0661. The van der Waals surface area contributed by atoms with E-state index in [1.165, 1.54) is 5.56 Å². The number of benzene rings is 2. The van der Waals surface area contributed by atoms with Gasteiger partial charge in [-0.2, -0.15) is 0 Å². The van der Waals surface area contributed by atoms with Gasteiger partial charge in [0.1, 0.15) is 0 Å². The Morgan fingerprint density at radius 2 is 1.68 bits per heavy atom.